The Morgan fingerprint density at radius 2 is 1.56 bits per heavy atom. The zero-order chi connectivity index (χ0) is 24.9. The zero-order valence-electron chi connectivity index (χ0n) is 19.4. The smallest absolute Gasteiger partial charge is 0.345 e. The highest BCUT2D eigenvalue weighted by atomic mass is 16.5. The van der Waals surface area contributed by atoms with Crippen LogP contribution in [-0.4, -0.2) is 39.7 Å². The number of hydrogen-bond acceptors (Lipinski definition) is 7. The topological polar surface area (TPSA) is 94.0 Å². The second-order valence-electron chi connectivity index (χ2n) is 8.06. The highest BCUT2D eigenvalue weighted by Crippen LogP contribution is 2.38. The fourth-order valence-corrected chi connectivity index (χ4v) is 4.01. The van der Waals surface area contributed by atoms with Crippen molar-refractivity contribution in [3.63, 3.8) is 0 Å². The Labute approximate surface area is 207 Å². The number of nitrogens with zero attached hydrogens (tertiary/aromatic N) is 4. The lowest BCUT2D eigenvalue weighted by Gasteiger charge is -2.23. The van der Waals surface area contributed by atoms with Gasteiger partial charge < -0.3 is 9.47 Å². The zero-order valence-corrected chi connectivity index (χ0v) is 19.4. The number of amides is 1. The van der Waals surface area contributed by atoms with Crippen LogP contribution in [-0.2, 0) is 0 Å². The largest absolute Gasteiger partial charge is 0.497 e. The summed E-state index contributed by atoms with van der Waals surface area (Å²) in [6.45, 7) is 0. The lowest BCUT2D eigenvalue weighted by Crippen LogP contribution is -2.27. The lowest BCUT2D eigenvalue weighted by molar-refractivity contribution is 0.0700. The van der Waals surface area contributed by atoms with Gasteiger partial charge in [-0.05, 0) is 60.2 Å². The molecule has 0 N–H and O–H groups in total. The van der Waals surface area contributed by atoms with Gasteiger partial charge in [0.15, 0.2) is 0 Å². The third-order valence-corrected chi connectivity index (χ3v) is 5.83. The molecule has 1 atom stereocenters. The molecule has 0 aliphatic carbocycles. The van der Waals surface area contributed by atoms with Crippen molar-refractivity contribution >= 4 is 17.6 Å². The highest BCUT2D eigenvalue weighted by Gasteiger charge is 2.35. The van der Waals surface area contributed by atoms with E-state index in [1.54, 1.807) is 55.9 Å². The Bertz CT molecular complexity index is 1410. The van der Waals surface area contributed by atoms with Gasteiger partial charge in [0.25, 0.3) is 5.91 Å². The van der Waals surface area contributed by atoms with Gasteiger partial charge in [0.2, 0.25) is 0 Å². The summed E-state index contributed by atoms with van der Waals surface area (Å²) in [5, 5.41) is 6.15. The predicted octanol–water partition coefficient (Wildman–Crippen LogP) is 4.70. The number of esters is 1. The average molecular weight is 479 g/mol. The fraction of sp³-hybridized carbons (Fsp3) is 0.107. The van der Waals surface area contributed by atoms with Crippen molar-refractivity contribution in [3.05, 3.63) is 120 Å². The number of aromatic nitrogens is 2. The summed E-state index contributed by atoms with van der Waals surface area (Å²) in [6.07, 6.45) is 6.58. The van der Waals surface area contributed by atoms with Gasteiger partial charge >= 0.3 is 5.97 Å². The first-order chi connectivity index (χ1) is 17.6. The molecule has 8 nitrogen and oxygen atoms in total. The molecule has 0 unspecified atom stereocenters. The first-order valence-corrected chi connectivity index (χ1v) is 11.3. The first kappa shape index (κ1) is 22.9. The van der Waals surface area contributed by atoms with Gasteiger partial charge in [0.1, 0.15) is 11.5 Å². The van der Waals surface area contributed by atoms with Crippen LogP contribution in [0.25, 0.3) is 0 Å². The SMILES string of the molecule is COc1ccc(C2=NN(C(=O)c3cccnc3)[C@@H](c3ccccc3OC(=O)c3cccnc3)C2)cc1. The Morgan fingerprint density at radius 1 is 0.861 bits per heavy atom. The second kappa shape index (κ2) is 10.2. The molecule has 4 aromatic rings. The third kappa shape index (κ3) is 4.69. The Hall–Kier alpha value is -4.85. The van der Waals surface area contributed by atoms with Gasteiger partial charge in [-0.15, -0.1) is 0 Å². The lowest BCUT2D eigenvalue weighted by atomic mass is 9.97. The van der Waals surface area contributed by atoms with Gasteiger partial charge in [-0.25, -0.2) is 9.80 Å². The molecule has 0 bridgehead atoms. The van der Waals surface area contributed by atoms with Crippen molar-refractivity contribution in [1.82, 2.24) is 15.0 Å². The van der Waals surface area contributed by atoms with Crippen molar-refractivity contribution in [3.8, 4) is 11.5 Å². The molecule has 0 fully saturated rings. The first-order valence-electron chi connectivity index (χ1n) is 11.3. The molecule has 0 saturated carbocycles. The summed E-state index contributed by atoms with van der Waals surface area (Å²) >= 11 is 0. The number of carbonyl (C=O) groups is 2. The minimum atomic E-state index is -0.532. The molecular weight excluding hydrogens is 456 g/mol. The molecule has 3 heterocycles. The molecule has 2 aromatic heterocycles. The molecule has 0 saturated heterocycles. The van der Waals surface area contributed by atoms with Crippen molar-refractivity contribution in [2.24, 2.45) is 5.10 Å². The molecule has 1 aliphatic heterocycles. The van der Waals surface area contributed by atoms with Crippen LogP contribution in [0.4, 0.5) is 0 Å². The van der Waals surface area contributed by atoms with Crippen LogP contribution in [0, 0.1) is 0 Å². The molecule has 8 heteroatoms. The standard InChI is InChI=1S/C28H22N4O4/c1-35-22-12-10-19(11-13-22)24-16-25(32(31-24)27(33)20-6-4-14-29-17-20)23-8-2-3-9-26(23)36-28(34)21-7-5-15-30-18-21/h2-15,17-18,25H,16H2,1H3/t25-/m1/s1. The van der Waals surface area contributed by atoms with Crippen molar-refractivity contribution < 1.29 is 19.1 Å². The molecular formula is C28H22N4O4. The highest BCUT2D eigenvalue weighted by molar-refractivity contribution is 6.05. The molecule has 2 aromatic carbocycles. The summed E-state index contributed by atoms with van der Waals surface area (Å²) in [5.41, 5.74) is 3.00. The van der Waals surface area contributed by atoms with E-state index in [9.17, 15) is 9.59 Å². The summed E-state index contributed by atoms with van der Waals surface area (Å²) in [4.78, 5) is 34.3. The van der Waals surface area contributed by atoms with E-state index in [1.807, 2.05) is 36.4 Å². The summed E-state index contributed by atoms with van der Waals surface area (Å²) in [7, 11) is 1.61. The van der Waals surface area contributed by atoms with Crippen LogP contribution in [0.1, 0.15) is 44.3 Å². The molecule has 5 rings (SSSR count). The number of carbonyl (C=O) groups excluding carboxylic acids is 2. The van der Waals surface area contributed by atoms with Crippen LogP contribution in [0.15, 0.2) is 103 Å². The number of hydrazone groups is 1. The predicted molar refractivity (Wildman–Crippen MR) is 133 cm³/mol. The van der Waals surface area contributed by atoms with Gasteiger partial charge in [0.05, 0.1) is 30.0 Å². The fourth-order valence-electron chi connectivity index (χ4n) is 4.01. The minimum absolute atomic E-state index is 0.301. The molecule has 178 valence electrons. The van der Waals surface area contributed by atoms with E-state index in [-0.39, 0.29) is 5.91 Å². The second-order valence-corrected chi connectivity index (χ2v) is 8.06. The van der Waals surface area contributed by atoms with E-state index >= 15 is 0 Å². The minimum Gasteiger partial charge on any atom is -0.497 e. The van der Waals surface area contributed by atoms with Crippen LogP contribution in [0.2, 0.25) is 0 Å². The van der Waals surface area contributed by atoms with Crippen LogP contribution >= 0.6 is 0 Å². The normalized spacial score (nSPS) is 14.8. The van der Waals surface area contributed by atoms with Crippen molar-refractivity contribution in [2.45, 2.75) is 12.5 Å². The number of benzene rings is 2. The van der Waals surface area contributed by atoms with Crippen LogP contribution < -0.4 is 9.47 Å². The number of methoxy groups -OCH3 is 1. The number of rotatable bonds is 6. The van der Waals surface area contributed by atoms with E-state index < -0.39 is 12.0 Å². The van der Waals surface area contributed by atoms with Crippen molar-refractivity contribution in [2.75, 3.05) is 7.11 Å². The van der Waals surface area contributed by atoms with Gasteiger partial charge in [0, 0.05) is 36.8 Å². The van der Waals surface area contributed by atoms with Crippen LogP contribution in [0.5, 0.6) is 11.5 Å². The van der Waals surface area contributed by atoms with Gasteiger partial charge in [-0.1, -0.05) is 18.2 Å². The summed E-state index contributed by atoms with van der Waals surface area (Å²) in [6, 6.07) is 20.9. The van der Waals surface area contributed by atoms with Gasteiger partial charge in [-0.2, -0.15) is 5.10 Å². The van der Waals surface area contributed by atoms with E-state index in [1.165, 1.54) is 17.4 Å². The Balaban J connectivity index is 1.51. The maximum atomic E-state index is 13.5. The summed E-state index contributed by atoms with van der Waals surface area (Å²) < 4.78 is 11.0. The van der Waals surface area contributed by atoms with E-state index in [2.05, 4.69) is 9.97 Å². The molecule has 0 radical (unpaired) electrons. The van der Waals surface area contributed by atoms with Crippen molar-refractivity contribution in [1.29, 1.82) is 0 Å². The molecule has 36 heavy (non-hydrogen) atoms. The Morgan fingerprint density at radius 3 is 2.22 bits per heavy atom. The van der Waals surface area contributed by atoms with E-state index in [0.29, 0.717) is 28.9 Å². The molecule has 0 spiro atoms. The van der Waals surface area contributed by atoms with E-state index in [0.717, 1.165) is 17.0 Å². The molecule has 1 aliphatic rings. The van der Waals surface area contributed by atoms with Gasteiger partial charge in [-0.3, -0.25) is 14.8 Å². The number of para-hydroxylation sites is 1. The average Bonchev–Trinajstić information content (AvgIpc) is 3.39. The summed E-state index contributed by atoms with van der Waals surface area (Å²) in [5.74, 6) is 0.247. The number of ether oxygens (including phenoxy) is 2. The number of pyridine rings is 2. The maximum absolute atomic E-state index is 13.5. The maximum Gasteiger partial charge on any atom is 0.345 e. The van der Waals surface area contributed by atoms with Crippen LogP contribution in [0.3, 0.4) is 0 Å². The third-order valence-electron chi connectivity index (χ3n) is 5.83. The quantitative estimate of drug-likeness (QED) is 0.295. The monoisotopic (exact) mass is 478 g/mol. The molecule has 1 amide bonds. The Kier molecular flexibility index (Phi) is 6.48. The number of hydrogen-bond donors (Lipinski definition) is 0. The van der Waals surface area contributed by atoms with E-state index in [4.69, 9.17) is 14.6 Å².